The molecule has 21 heavy (non-hydrogen) atoms. The van der Waals surface area contributed by atoms with Crippen molar-refractivity contribution < 1.29 is 14.6 Å². The molecule has 0 aromatic heterocycles. The van der Waals surface area contributed by atoms with Crippen LogP contribution in [0.25, 0.3) is 0 Å². The van der Waals surface area contributed by atoms with Gasteiger partial charge in [-0.05, 0) is 50.0 Å². The second-order valence-corrected chi connectivity index (χ2v) is 7.50. The van der Waals surface area contributed by atoms with Gasteiger partial charge in [-0.3, -0.25) is 4.79 Å². The molecule has 0 amide bonds. The fraction of sp³-hybridized carbons (Fsp3) is 0.941. The van der Waals surface area contributed by atoms with Crippen LogP contribution in [-0.4, -0.2) is 36.4 Å². The maximum absolute atomic E-state index is 11.8. The van der Waals surface area contributed by atoms with E-state index in [1.807, 2.05) is 0 Å². The van der Waals surface area contributed by atoms with Crippen LogP contribution in [0.3, 0.4) is 0 Å². The van der Waals surface area contributed by atoms with Crippen molar-refractivity contribution in [3.8, 4) is 0 Å². The fourth-order valence-electron chi connectivity index (χ4n) is 3.11. The molecular formula is C17H33NO3. The van der Waals surface area contributed by atoms with E-state index in [-0.39, 0.29) is 5.92 Å². The van der Waals surface area contributed by atoms with E-state index in [0.29, 0.717) is 12.0 Å². The minimum Gasteiger partial charge on any atom is -0.480 e. The van der Waals surface area contributed by atoms with Gasteiger partial charge in [0.2, 0.25) is 0 Å². The van der Waals surface area contributed by atoms with Crippen molar-refractivity contribution in [2.45, 2.75) is 71.8 Å². The molecule has 0 spiro atoms. The Kier molecular flexibility index (Phi) is 7.14. The van der Waals surface area contributed by atoms with Crippen LogP contribution in [0.4, 0.5) is 0 Å². The first-order valence-electron chi connectivity index (χ1n) is 8.38. The number of nitrogens with one attached hydrogen (secondary N) is 1. The first-order chi connectivity index (χ1) is 9.82. The number of carboxylic acid groups (broad SMARTS) is 1. The van der Waals surface area contributed by atoms with E-state index in [4.69, 9.17) is 4.74 Å². The van der Waals surface area contributed by atoms with Crippen molar-refractivity contribution in [2.75, 3.05) is 19.8 Å². The van der Waals surface area contributed by atoms with Gasteiger partial charge in [-0.15, -0.1) is 0 Å². The topological polar surface area (TPSA) is 58.6 Å². The second-order valence-electron chi connectivity index (χ2n) is 7.50. The second kappa shape index (κ2) is 8.14. The van der Waals surface area contributed by atoms with Crippen molar-refractivity contribution in [1.82, 2.24) is 5.32 Å². The summed E-state index contributed by atoms with van der Waals surface area (Å²) in [5.74, 6) is -0.496. The Hall–Kier alpha value is -0.610. The zero-order valence-electron chi connectivity index (χ0n) is 14.2. The average Bonchev–Trinajstić information content (AvgIpc) is 2.79. The van der Waals surface area contributed by atoms with Gasteiger partial charge in [0.1, 0.15) is 5.54 Å². The van der Waals surface area contributed by atoms with E-state index >= 15 is 0 Å². The molecule has 1 aliphatic rings. The van der Waals surface area contributed by atoms with Gasteiger partial charge in [0.05, 0.1) is 0 Å². The molecule has 4 nitrogen and oxygen atoms in total. The van der Waals surface area contributed by atoms with Gasteiger partial charge >= 0.3 is 5.97 Å². The Bertz CT molecular complexity index is 324. The highest BCUT2D eigenvalue weighted by Gasteiger charge is 2.48. The molecule has 2 atom stereocenters. The molecule has 2 unspecified atom stereocenters. The third kappa shape index (κ3) is 5.59. The van der Waals surface area contributed by atoms with E-state index in [1.165, 1.54) is 0 Å². The molecule has 1 saturated carbocycles. The number of ether oxygens (including phenoxy) is 1. The highest BCUT2D eigenvalue weighted by molar-refractivity contribution is 5.79. The van der Waals surface area contributed by atoms with E-state index in [2.05, 4.69) is 33.0 Å². The Morgan fingerprint density at radius 2 is 2.10 bits per heavy atom. The summed E-state index contributed by atoms with van der Waals surface area (Å²) in [7, 11) is 0. The zero-order chi connectivity index (χ0) is 15.9. The molecule has 0 radical (unpaired) electrons. The van der Waals surface area contributed by atoms with Crippen LogP contribution in [0.5, 0.6) is 0 Å². The van der Waals surface area contributed by atoms with Gasteiger partial charge in [0, 0.05) is 13.2 Å². The number of hydrogen-bond donors (Lipinski definition) is 2. The van der Waals surface area contributed by atoms with Gasteiger partial charge in [0.15, 0.2) is 0 Å². The Morgan fingerprint density at radius 1 is 1.38 bits per heavy atom. The van der Waals surface area contributed by atoms with Crippen LogP contribution in [0.1, 0.15) is 66.2 Å². The number of carbonyl (C=O) groups is 1. The van der Waals surface area contributed by atoms with Crippen LogP contribution >= 0.6 is 0 Å². The Labute approximate surface area is 129 Å². The number of hydrogen-bond acceptors (Lipinski definition) is 3. The summed E-state index contributed by atoms with van der Waals surface area (Å²) in [6.45, 7) is 10.9. The highest BCUT2D eigenvalue weighted by Crippen LogP contribution is 2.38. The SMILES string of the molecule is CCCNC1(C(=O)O)CCCC1CCOCCC(C)(C)C. The predicted molar refractivity (Wildman–Crippen MR) is 85.5 cm³/mol. The van der Waals surface area contributed by atoms with Crippen molar-refractivity contribution in [2.24, 2.45) is 11.3 Å². The van der Waals surface area contributed by atoms with Gasteiger partial charge in [-0.2, -0.15) is 0 Å². The lowest BCUT2D eigenvalue weighted by Crippen LogP contribution is -2.55. The lowest BCUT2D eigenvalue weighted by atomic mass is 9.84. The van der Waals surface area contributed by atoms with E-state index in [0.717, 1.165) is 51.7 Å². The summed E-state index contributed by atoms with van der Waals surface area (Å²) in [5.41, 5.74) is -0.426. The molecule has 124 valence electrons. The van der Waals surface area contributed by atoms with E-state index in [9.17, 15) is 9.90 Å². The molecule has 0 heterocycles. The molecule has 0 aliphatic heterocycles. The lowest BCUT2D eigenvalue weighted by molar-refractivity contribution is -0.147. The average molecular weight is 299 g/mol. The van der Waals surface area contributed by atoms with E-state index in [1.54, 1.807) is 0 Å². The first-order valence-corrected chi connectivity index (χ1v) is 8.38. The zero-order valence-corrected chi connectivity index (χ0v) is 14.2. The van der Waals surface area contributed by atoms with Gasteiger partial charge in [-0.25, -0.2) is 0 Å². The number of aliphatic carboxylic acids is 1. The summed E-state index contributed by atoms with van der Waals surface area (Å²) in [5, 5.41) is 13.0. The maximum atomic E-state index is 11.8. The molecule has 1 aliphatic carbocycles. The summed E-state index contributed by atoms with van der Waals surface area (Å²) in [4.78, 5) is 11.8. The summed E-state index contributed by atoms with van der Waals surface area (Å²) < 4.78 is 5.73. The number of rotatable bonds is 9. The van der Waals surface area contributed by atoms with Crippen LogP contribution < -0.4 is 5.32 Å². The smallest absolute Gasteiger partial charge is 0.324 e. The maximum Gasteiger partial charge on any atom is 0.324 e. The van der Waals surface area contributed by atoms with E-state index < -0.39 is 11.5 Å². The third-order valence-corrected chi connectivity index (χ3v) is 4.50. The predicted octanol–water partition coefficient (Wildman–Crippen LogP) is 3.45. The third-order valence-electron chi connectivity index (χ3n) is 4.50. The molecule has 2 N–H and O–H groups in total. The van der Waals surface area contributed by atoms with Crippen molar-refractivity contribution >= 4 is 5.97 Å². The monoisotopic (exact) mass is 299 g/mol. The molecular weight excluding hydrogens is 266 g/mol. The molecule has 1 fully saturated rings. The largest absolute Gasteiger partial charge is 0.480 e. The molecule has 0 aromatic carbocycles. The molecule has 1 rings (SSSR count). The Morgan fingerprint density at radius 3 is 2.67 bits per heavy atom. The fourth-order valence-corrected chi connectivity index (χ4v) is 3.11. The number of carboxylic acids is 1. The lowest BCUT2D eigenvalue weighted by Gasteiger charge is -2.32. The molecule has 0 aromatic rings. The molecule has 0 saturated heterocycles. The summed E-state index contributed by atoms with van der Waals surface area (Å²) in [6, 6.07) is 0. The molecule has 4 heteroatoms. The summed E-state index contributed by atoms with van der Waals surface area (Å²) in [6.07, 6.45) is 5.57. The van der Waals surface area contributed by atoms with Crippen LogP contribution in [0.15, 0.2) is 0 Å². The minimum atomic E-state index is -0.719. The quantitative estimate of drug-likeness (QED) is 0.640. The normalized spacial score (nSPS) is 26.2. The Balaban J connectivity index is 2.43. The minimum absolute atomic E-state index is 0.191. The van der Waals surface area contributed by atoms with Crippen LogP contribution in [0, 0.1) is 11.3 Å². The first kappa shape index (κ1) is 18.4. The van der Waals surface area contributed by atoms with Crippen molar-refractivity contribution in [1.29, 1.82) is 0 Å². The standard InChI is InChI=1S/C17H33NO3/c1-5-11-18-17(15(19)20)9-6-7-14(17)8-12-21-13-10-16(2,3)4/h14,18H,5-13H2,1-4H3,(H,19,20). The van der Waals surface area contributed by atoms with Gasteiger partial charge < -0.3 is 15.2 Å². The molecule has 0 bridgehead atoms. The van der Waals surface area contributed by atoms with Gasteiger partial charge in [-0.1, -0.05) is 34.1 Å². The van der Waals surface area contributed by atoms with Crippen LogP contribution in [-0.2, 0) is 9.53 Å². The summed E-state index contributed by atoms with van der Waals surface area (Å²) >= 11 is 0. The van der Waals surface area contributed by atoms with Crippen LogP contribution in [0.2, 0.25) is 0 Å². The van der Waals surface area contributed by atoms with Gasteiger partial charge in [0.25, 0.3) is 0 Å². The van der Waals surface area contributed by atoms with Crippen molar-refractivity contribution in [3.63, 3.8) is 0 Å². The highest BCUT2D eigenvalue weighted by atomic mass is 16.5. The van der Waals surface area contributed by atoms with Crippen molar-refractivity contribution in [3.05, 3.63) is 0 Å².